The number of piperidine rings is 1. The van der Waals surface area contributed by atoms with Gasteiger partial charge >= 0.3 is 6.09 Å². The molecule has 0 aliphatic carbocycles. The standard InChI is InChI=1S/C24H30N6O2/c1-23(2,3)32-22(31)30-11-5-8-24(30)7-4-10-29(15-24)19-6-9-27-21-20(19)18(14-28-21)17-12-25-16-26-13-17/h6,9,12-14,16H,4-5,7-8,10-11,15H2,1-3H3,(H,27,28). The predicted molar refractivity (Wildman–Crippen MR) is 123 cm³/mol. The van der Waals surface area contributed by atoms with E-state index in [1.165, 1.54) is 6.33 Å². The summed E-state index contributed by atoms with van der Waals surface area (Å²) in [5.41, 5.74) is 3.28. The second-order valence-corrected chi connectivity index (χ2v) is 9.87. The molecular formula is C24H30N6O2. The quantitative estimate of drug-likeness (QED) is 0.644. The number of nitrogens with zero attached hydrogens (tertiary/aromatic N) is 5. The smallest absolute Gasteiger partial charge is 0.410 e. The van der Waals surface area contributed by atoms with E-state index < -0.39 is 5.60 Å². The molecule has 0 saturated carbocycles. The van der Waals surface area contributed by atoms with Gasteiger partial charge in [0.05, 0.1) is 16.6 Å². The monoisotopic (exact) mass is 434 g/mol. The van der Waals surface area contributed by atoms with Crippen molar-refractivity contribution in [3.05, 3.63) is 37.2 Å². The highest BCUT2D eigenvalue weighted by molar-refractivity contribution is 6.02. The Hall–Kier alpha value is -3.16. The summed E-state index contributed by atoms with van der Waals surface area (Å²) in [4.78, 5) is 33.7. The molecule has 2 aliphatic heterocycles. The second kappa shape index (κ2) is 7.76. The van der Waals surface area contributed by atoms with Crippen LogP contribution in [0.4, 0.5) is 10.5 Å². The first-order valence-corrected chi connectivity index (χ1v) is 11.3. The van der Waals surface area contributed by atoms with E-state index in [9.17, 15) is 4.79 Å². The Morgan fingerprint density at radius 3 is 2.66 bits per heavy atom. The van der Waals surface area contributed by atoms with Crippen molar-refractivity contribution in [3.63, 3.8) is 0 Å². The molecule has 0 bridgehead atoms. The molecule has 3 aromatic rings. The van der Waals surface area contributed by atoms with E-state index in [4.69, 9.17) is 4.74 Å². The van der Waals surface area contributed by atoms with E-state index in [1.54, 1.807) is 0 Å². The Balaban J connectivity index is 1.50. The van der Waals surface area contributed by atoms with Crippen molar-refractivity contribution in [2.45, 2.75) is 57.6 Å². The summed E-state index contributed by atoms with van der Waals surface area (Å²) in [6, 6.07) is 2.08. The molecule has 1 unspecified atom stereocenters. The van der Waals surface area contributed by atoms with Crippen LogP contribution in [0, 0.1) is 0 Å². The Morgan fingerprint density at radius 1 is 1.16 bits per heavy atom. The SMILES string of the molecule is CC(C)(C)OC(=O)N1CCCC12CCCN(c1ccnc3[nH]cc(-c4cncnc4)c13)C2. The highest BCUT2D eigenvalue weighted by Gasteiger charge is 2.47. The van der Waals surface area contributed by atoms with Crippen LogP contribution in [0.2, 0.25) is 0 Å². The number of H-pyrrole nitrogens is 1. The number of likely N-dealkylation sites (tertiary alicyclic amines) is 1. The minimum absolute atomic E-state index is 0.192. The molecule has 2 fully saturated rings. The van der Waals surface area contributed by atoms with Gasteiger partial charge in [0.2, 0.25) is 0 Å². The van der Waals surface area contributed by atoms with Crippen LogP contribution in [-0.2, 0) is 4.74 Å². The number of nitrogens with one attached hydrogen (secondary N) is 1. The normalized spacial score (nSPS) is 21.5. The van der Waals surface area contributed by atoms with Crippen molar-refractivity contribution in [3.8, 4) is 11.1 Å². The fourth-order valence-electron chi connectivity index (χ4n) is 5.25. The highest BCUT2D eigenvalue weighted by atomic mass is 16.6. The number of aromatic nitrogens is 4. The zero-order chi connectivity index (χ0) is 22.3. The van der Waals surface area contributed by atoms with Crippen LogP contribution >= 0.6 is 0 Å². The van der Waals surface area contributed by atoms with Crippen molar-refractivity contribution < 1.29 is 9.53 Å². The molecule has 2 saturated heterocycles. The Bertz CT molecular complexity index is 1120. The molecule has 2 aliphatic rings. The van der Waals surface area contributed by atoms with Crippen LogP contribution in [0.5, 0.6) is 0 Å². The predicted octanol–water partition coefficient (Wildman–Crippen LogP) is 4.39. The summed E-state index contributed by atoms with van der Waals surface area (Å²) in [6.45, 7) is 8.27. The van der Waals surface area contributed by atoms with Crippen molar-refractivity contribution >= 4 is 22.8 Å². The first-order valence-electron chi connectivity index (χ1n) is 11.3. The van der Waals surface area contributed by atoms with Crippen LogP contribution in [0.3, 0.4) is 0 Å². The van der Waals surface area contributed by atoms with Gasteiger partial charge in [-0.2, -0.15) is 0 Å². The first-order chi connectivity index (χ1) is 15.4. The lowest BCUT2D eigenvalue weighted by Gasteiger charge is -2.46. The lowest BCUT2D eigenvalue weighted by Crippen LogP contribution is -2.58. The molecule has 5 rings (SSSR count). The number of amides is 1. The zero-order valence-electron chi connectivity index (χ0n) is 19.0. The highest BCUT2D eigenvalue weighted by Crippen LogP contribution is 2.42. The van der Waals surface area contributed by atoms with Crippen LogP contribution in [0.1, 0.15) is 46.5 Å². The lowest BCUT2D eigenvalue weighted by atomic mass is 9.86. The molecule has 3 aromatic heterocycles. The number of ether oxygens (including phenoxy) is 1. The van der Waals surface area contributed by atoms with Crippen molar-refractivity contribution in [1.82, 2.24) is 24.8 Å². The third kappa shape index (κ3) is 3.67. The fraction of sp³-hybridized carbons (Fsp3) is 0.500. The maximum absolute atomic E-state index is 13.0. The minimum Gasteiger partial charge on any atom is -0.444 e. The van der Waals surface area contributed by atoms with Crippen LogP contribution in [0.25, 0.3) is 22.2 Å². The molecule has 1 N–H and O–H groups in total. The molecule has 8 nitrogen and oxygen atoms in total. The number of carbonyl (C=O) groups excluding carboxylic acids is 1. The number of rotatable bonds is 2. The summed E-state index contributed by atoms with van der Waals surface area (Å²) in [5, 5.41) is 1.07. The molecule has 168 valence electrons. The van der Waals surface area contributed by atoms with Gasteiger partial charge in [-0.1, -0.05) is 0 Å². The zero-order valence-corrected chi connectivity index (χ0v) is 19.0. The maximum atomic E-state index is 13.0. The summed E-state index contributed by atoms with van der Waals surface area (Å²) >= 11 is 0. The number of hydrogen-bond donors (Lipinski definition) is 1. The van der Waals surface area contributed by atoms with E-state index in [2.05, 4.69) is 30.9 Å². The van der Waals surface area contributed by atoms with Crippen LogP contribution < -0.4 is 4.90 Å². The molecule has 0 radical (unpaired) electrons. The minimum atomic E-state index is -0.496. The molecule has 1 amide bonds. The molecular weight excluding hydrogens is 404 g/mol. The maximum Gasteiger partial charge on any atom is 0.410 e. The van der Waals surface area contributed by atoms with Gasteiger partial charge in [-0.25, -0.2) is 19.7 Å². The molecule has 1 atom stereocenters. The second-order valence-electron chi connectivity index (χ2n) is 9.87. The van der Waals surface area contributed by atoms with Gasteiger partial charge in [0.1, 0.15) is 17.6 Å². The number of hydrogen-bond acceptors (Lipinski definition) is 6. The number of aromatic amines is 1. The topological polar surface area (TPSA) is 87.2 Å². The van der Waals surface area contributed by atoms with Crippen molar-refractivity contribution in [2.24, 2.45) is 0 Å². The number of fused-ring (bicyclic) bond motifs is 1. The van der Waals surface area contributed by atoms with E-state index in [-0.39, 0.29) is 11.6 Å². The van der Waals surface area contributed by atoms with E-state index in [0.29, 0.717) is 0 Å². The van der Waals surface area contributed by atoms with Crippen molar-refractivity contribution in [2.75, 3.05) is 24.5 Å². The summed E-state index contributed by atoms with van der Waals surface area (Å²) in [5.74, 6) is 0. The molecule has 32 heavy (non-hydrogen) atoms. The summed E-state index contributed by atoms with van der Waals surface area (Å²) < 4.78 is 5.76. The molecule has 1 spiro atoms. The first kappa shape index (κ1) is 20.7. The fourth-order valence-corrected chi connectivity index (χ4v) is 5.25. The molecule has 0 aromatic carbocycles. The van der Waals surface area contributed by atoms with Gasteiger partial charge in [0.25, 0.3) is 0 Å². The van der Waals surface area contributed by atoms with Gasteiger partial charge in [0, 0.05) is 55.5 Å². The van der Waals surface area contributed by atoms with Crippen molar-refractivity contribution in [1.29, 1.82) is 0 Å². The number of pyridine rings is 1. The third-order valence-corrected chi connectivity index (χ3v) is 6.53. The van der Waals surface area contributed by atoms with Gasteiger partial charge in [-0.05, 0) is 52.5 Å². The van der Waals surface area contributed by atoms with Gasteiger partial charge in [0.15, 0.2) is 0 Å². The molecule has 8 heteroatoms. The Labute approximate surface area is 188 Å². The van der Waals surface area contributed by atoms with Crippen LogP contribution in [-0.4, -0.2) is 61.7 Å². The van der Waals surface area contributed by atoms with E-state index in [1.807, 2.05) is 50.5 Å². The summed E-state index contributed by atoms with van der Waals surface area (Å²) in [6.07, 6.45) is 12.9. The molecule has 5 heterocycles. The average Bonchev–Trinajstić information content (AvgIpc) is 3.37. The average molecular weight is 435 g/mol. The Kier molecular flexibility index (Phi) is 5.03. The largest absolute Gasteiger partial charge is 0.444 e. The lowest BCUT2D eigenvalue weighted by molar-refractivity contribution is 0.00524. The van der Waals surface area contributed by atoms with E-state index in [0.717, 1.165) is 73.2 Å². The Morgan fingerprint density at radius 2 is 1.91 bits per heavy atom. The number of anilines is 1. The van der Waals surface area contributed by atoms with Gasteiger partial charge in [-0.3, -0.25) is 0 Å². The van der Waals surface area contributed by atoms with Gasteiger partial charge in [-0.15, -0.1) is 0 Å². The van der Waals surface area contributed by atoms with Gasteiger partial charge < -0.3 is 19.5 Å². The third-order valence-electron chi connectivity index (χ3n) is 6.53. The summed E-state index contributed by atoms with van der Waals surface area (Å²) in [7, 11) is 0. The number of carbonyl (C=O) groups is 1. The van der Waals surface area contributed by atoms with Crippen LogP contribution in [0.15, 0.2) is 37.2 Å². The van der Waals surface area contributed by atoms with E-state index >= 15 is 0 Å².